The summed E-state index contributed by atoms with van der Waals surface area (Å²) in [5.74, 6) is -0.903. The molecule has 0 saturated heterocycles. The first kappa shape index (κ1) is 14.9. The van der Waals surface area contributed by atoms with E-state index in [4.69, 9.17) is 22.7 Å². The molecule has 0 unspecified atom stereocenters. The molecule has 0 radical (unpaired) electrons. The summed E-state index contributed by atoms with van der Waals surface area (Å²) in [5, 5.41) is 0. The van der Waals surface area contributed by atoms with Gasteiger partial charge in [0, 0.05) is 11.1 Å². The van der Waals surface area contributed by atoms with Crippen LogP contribution >= 0.6 is 28.1 Å². The maximum atomic E-state index is 13.8. The van der Waals surface area contributed by atoms with Gasteiger partial charge in [-0.1, -0.05) is 24.4 Å². The zero-order valence-electron chi connectivity index (χ0n) is 10.2. The molecule has 0 aliphatic heterocycles. The first-order chi connectivity index (χ1) is 9.49. The average molecular weight is 358 g/mol. The minimum absolute atomic E-state index is 0.0433. The van der Waals surface area contributed by atoms with Crippen molar-refractivity contribution in [2.75, 3.05) is 0 Å². The molecule has 0 amide bonds. The van der Waals surface area contributed by atoms with Crippen molar-refractivity contribution < 1.29 is 13.5 Å². The van der Waals surface area contributed by atoms with E-state index in [0.29, 0.717) is 15.6 Å². The first-order valence-corrected chi connectivity index (χ1v) is 6.84. The van der Waals surface area contributed by atoms with E-state index < -0.39 is 11.6 Å². The Kier molecular flexibility index (Phi) is 4.67. The Morgan fingerprint density at radius 2 is 1.95 bits per heavy atom. The molecule has 2 aromatic carbocycles. The molecular formula is C14H10BrF2NOS. The van der Waals surface area contributed by atoms with Gasteiger partial charge in [0.1, 0.15) is 17.4 Å². The van der Waals surface area contributed by atoms with Crippen LogP contribution in [-0.2, 0) is 6.61 Å². The maximum absolute atomic E-state index is 13.8. The molecule has 20 heavy (non-hydrogen) atoms. The lowest BCUT2D eigenvalue weighted by molar-refractivity contribution is 0.289. The van der Waals surface area contributed by atoms with Crippen LogP contribution in [-0.4, -0.2) is 4.99 Å². The van der Waals surface area contributed by atoms with Crippen molar-refractivity contribution in [3.05, 3.63) is 63.6 Å². The van der Waals surface area contributed by atoms with Crippen molar-refractivity contribution >= 4 is 33.1 Å². The third-order valence-corrected chi connectivity index (χ3v) is 3.75. The number of halogens is 3. The van der Waals surface area contributed by atoms with Gasteiger partial charge in [-0.25, -0.2) is 8.78 Å². The zero-order valence-corrected chi connectivity index (χ0v) is 12.6. The molecule has 2 N–H and O–H groups in total. The molecule has 6 heteroatoms. The van der Waals surface area contributed by atoms with Crippen LogP contribution in [0.25, 0.3) is 0 Å². The van der Waals surface area contributed by atoms with Crippen molar-refractivity contribution in [2.24, 2.45) is 5.73 Å². The third kappa shape index (κ3) is 3.32. The van der Waals surface area contributed by atoms with Gasteiger partial charge in [0.05, 0.1) is 4.47 Å². The van der Waals surface area contributed by atoms with E-state index in [1.54, 1.807) is 18.2 Å². The van der Waals surface area contributed by atoms with Gasteiger partial charge in [0.2, 0.25) is 0 Å². The van der Waals surface area contributed by atoms with Crippen molar-refractivity contribution in [1.82, 2.24) is 0 Å². The monoisotopic (exact) mass is 357 g/mol. The highest BCUT2D eigenvalue weighted by Gasteiger charge is 2.09. The summed E-state index contributed by atoms with van der Waals surface area (Å²) in [4.78, 5) is 0.114. The Labute approximate surface area is 128 Å². The highest BCUT2D eigenvalue weighted by atomic mass is 79.9. The maximum Gasteiger partial charge on any atom is 0.165 e. The third-order valence-electron chi connectivity index (χ3n) is 2.63. The molecule has 0 aliphatic carbocycles. The predicted molar refractivity (Wildman–Crippen MR) is 80.7 cm³/mol. The summed E-state index contributed by atoms with van der Waals surface area (Å²) in [7, 11) is 0. The van der Waals surface area contributed by atoms with Gasteiger partial charge in [-0.15, -0.1) is 0 Å². The molecule has 2 rings (SSSR count). The molecule has 0 fully saturated rings. The van der Waals surface area contributed by atoms with Gasteiger partial charge in [-0.2, -0.15) is 0 Å². The lowest BCUT2D eigenvalue weighted by Crippen LogP contribution is -2.09. The zero-order chi connectivity index (χ0) is 14.7. The summed E-state index contributed by atoms with van der Waals surface area (Å²) >= 11 is 7.88. The highest BCUT2D eigenvalue weighted by molar-refractivity contribution is 9.10. The second-order valence-electron chi connectivity index (χ2n) is 4.01. The minimum atomic E-state index is -0.567. The van der Waals surface area contributed by atoms with E-state index in [1.165, 1.54) is 18.2 Å². The van der Waals surface area contributed by atoms with E-state index in [2.05, 4.69) is 15.9 Å². The Morgan fingerprint density at radius 3 is 2.60 bits per heavy atom. The Bertz CT molecular complexity index is 664. The Hall–Kier alpha value is -1.53. The normalized spacial score (nSPS) is 10.3. The highest BCUT2D eigenvalue weighted by Crippen LogP contribution is 2.24. The second kappa shape index (κ2) is 6.28. The van der Waals surface area contributed by atoms with E-state index >= 15 is 0 Å². The fourth-order valence-corrected chi connectivity index (χ4v) is 2.09. The van der Waals surface area contributed by atoms with Crippen LogP contribution in [0.1, 0.15) is 11.1 Å². The van der Waals surface area contributed by atoms with E-state index in [-0.39, 0.29) is 17.3 Å². The molecule has 0 saturated carbocycles. The lowest BCUT2D eigenvalue weighted by Gasteiger charge is -2.10. The molecule has 2 aromatic rings. The van der Waals surface area contributed by atoms with Crippen LogP contribution < -0.4 is 10.5 Å². The quantitative estimate of drug-likeness (QED) is 0.841. The predicted octanol–water partition coefficient (Wildman–Crippen LogP) is 3.94. The summed E-state index contributed by atoms with van der Waals surface area (Å²) in [5.41, 5.74) is 6.42. The van der Waals surface area contributed by atoms with Crippen LogP contribution in [0, 0.1) is 11.6 Å². The van der Waals surface area contributed by atoms with Crippen LogP contribution in [0.15, 0.2) is 40.9 Å². The largest absolute Gasteiger partial charge is 0.486 e. The molecule has 104 valence electrons. The molecule has 0 atom stereocenters. The van der Waals surface area contributed by atoms with Crippen molar-refractivity contribution in [1.29, 1.82) is 0 Å². The summed E-state index contributed by atoms with van der Waals surface area (Å²) < 4.78 is 32.7. The topological polar surface area (TPSA) is 35.2 Å². The summed E-state index contributed by atoms with van der Waals surface area (Å²) in [6.07, 6.45) is 0. The van der Waals surface area contributed by atoms with E-state index in [9.17, 15) is 8.78 Å². The molecule has 0 heterocycles. The SMILES string of the molecule is NC(=S)c1ccc(OCc2cccc(F)c2Br)c(F)c1. The van der Waals surface area contributed by atoms with Gasteiger partial charge in [-0.3, -0.25) is 0 Å². The van der Waals surface area contributed by atoms with Gasteiger partial charge in [0.25, 0.3) is 0 Å². The van der Waals surface area contributed by atoms with Crippen molar-refractivity contribution in [3.63, 3.8) is 0 Å². The molecule has 0 bridgehead atoms. The number of benzene rings is 2. The molecule has 0 aromatic heterocycles. The van der Waals surface area contributed by atoms with Crippen LogP contribution in [0.4, 0.5) is 8.78 Å². The summed E-state index contributed by atoms with van der Waals surface area (Å²) in [6, 6.07) is 8.79. The van der Waals surface area contributed by atoms with E-state index in [0.717, 1.165) is 0 Å². The van der Waals surface area contributed by atoms with Gasteiger partial charge < -0.3 is 10.5 Å². The average Bonchev–Trinajstić information content (AvgIpc) is 2.41. The number of hydrogen-bond donors (Lipinski definition) is 1. The Morgan fingerprint density at radius 1 is 1.20 bits per heavy atom. The Balaban J connectivity index is 2.15. The number of rotatable bonds is 4. The van der Waals surface area contributed by atoms with Gasteiger partial charge >= 0.3 is 0 Å². The van der Waals surface area contributed by atoms with Crippen LogP contribution in [0.2, 0.25) is 0 Å². The minimum Gasteiger partial charge on any atom is -0.486 e. The number of hydrogen-bond acceptors (Lipinski definition) is 2. The van der Waals surface area contributed by atoms with Crippen molar-refractivity contribution in [2.45, 2.75) is 6.61 Å². The lowest BCUT2D eigenvalue weighted by atomic mass is 10.2. The van der Waals surface area contributed by atoms with Gasteiger partial charge in [-0.05, 0) is 40.2 Å². The van der Waals surface area contributed by atoms with Crippen molar-refractivity contribution in [3.8, 4) is 5.75 Å². The fraction of sp³-hybridized carbons (Fsp3) is 0.0714. The fourth-order valence-electron chi connectivity index (χ4n) is 1.59. The molecule has 0 aliphatic rings. The van der Waals surface area contributed by atoms with Crippen LogP contribution in [0.3, 0.4) is 0 Å². The smallest absolute Gasteiger partial charge is 0.165 e. The number of thiocarbonyl (C=S) groups is 1. The molecular weight excluding hydrogens is 348 g/mol. The number of ether oxygens (including phenoxy) is 1. The van der Waals surface area contributed by atoms with E-state index in [1.807, 2.05) is 0 Å². The second-order valence-corrected chi connectivity index (χ2v) is 5.24. The van der Waals surface area contributed by atoms with Crippen LogP contribution in [0.5, 0.6) is 5.75 Å². The molecule has 0 spiro atoms. The number of nitrogens with two attached hydrogens (primary N) is 1. The standard InChI is InChI=1S/C14H10BrF2NOS/c15-13-9(2-1-3-10(13)16)7-19-12-5-4-8(14(18)20)6-11(12)17/h1-6H,7H2,(H2,18,20). The summed E-state index contributed by atoms with van der Waals surface area (Å²) in [6.45, 7) is 0.0433. The molecule has 2 nitrogen and oxygen atoms in total. The van der Waals surface area contributed by atoms with Gasteiger partial charge in [0.15, 0.2) is 11.6 Å². The first-order valence-electron chi connectivity index (χ1n) is 5.64.